The molecule has 126 valence electrons. The number of nitrogens with zero attached hydrogens (tertiary/aromatic N) is 2. The zero-order valence-corrected chi connectivity index (χ0v) is 13.9. The number of methoxy groups -OCH3 is 1. The summed E-state index contributed by atoms with van der Waals surface area (Å²) in [6, 6.07) is 19.3. The average molecular weight is 333 g/mol. The van der Waals surface area contributed by atoms with Crippen LogP contribution in [0, 0.1) is 0 Å². The number of carbonyl (C=O) groups excluding carboxylic acids is 1. The maximum Gasteiger partial charge on any atom is 0.252 e. The molecule has 0 fully saturated rings. The Morgan fingerprint density at radius 3 is 2.52 bits per heavy atom. The van der Waals surface area contributed by atoms with E-state index in [0.717, 1.165) is 16.9 Å². The van der Waals surface area contributed by atoms with E-state index in [-0.39, 0.29) is 0 Å². The van der Waals surface area contributed by atoms with Crippen molar-refractivity contribution in [2.75, 3.05) is 12.0 Å². The van der Waals surface area contributed by atoms with Crippen molar-refractivity contribution in [2.24, 2.45) is 5.73 Å². The second-order valence-corrected chi connectivity index (χ2v) is 5.53. The third-order valence-corrected chi connectivity index (χ3v) is 3.89. The van der Waals surface area contributed by atoms with Gasteiger partial charge in [-0.1, -0.05) is 24.3 Å². The minimum atomic E-state index is -0.512. The molecule has 3 rings (SSSR count). The first-order valence-corrected chi connectivity index (χ1v) is 7.88. The lowest BCUT2D eigenvalue weighted by atomic mass is 10.1. The Morgan fingerprint density at radius 2 is 1.88 bits per heavy atom. The molecule has 0 aliphatic rings. The number of carbonyl (C=O) groups is 1. The van der Waals surface area contributed by atoms with Crippen molar-refractivity contribution >= 4 is 17.3 Å². The highest BCUT2D eigenvalue weighted by Gasteiger charge is 2.15. The summed E-state index contributed by atoms with van der Waals surface area (Å²) < 4.78 is 5.34. The fraction of sp³-hybridized carbons (Fsp3) is 0.100. The van der Waals surface area contributed by atoms with Crippen LogP contribution >= 0.6 is 0 Å². The van der Waals surface area contributed by atoms with Crippen LogP contribution < -0.4 is 15.4 Å². The summed E-state index contributed by atoms with van der Waals surface area (Å²) in [6.07, 6.45) is 3.59. The van der Waals surface area contributed by atoms with Gasteiger partial charge in [-0.15, -0.1) is 0 Å². The van der Waals surface area contributed by atoms with Crippen molar-refractivity contribution < 1.29 is 9.53 Å². The summed E-state index contributed by atoms with van der Waals surface area (Å²) in [5.74, 6) is -0.0564. The smallest absolute Gasteiger partial charge is 0.252 e. The van der Waals surface area contributed by atoms with E-state index in [1.165, 1.54) is 7.11 Å². The highest BCUT2D eigenvalue weighted by atomic mass is 16.5. The van der Waals surface area contributed by atoms with E-state index in [0.29, 0.717) is 17.9 Å². The highest BCUT2D eigenvalue weighted by Crippen LogP contribution is 2.31. The summed E-state index contributed by atoms with van der Waals surface area (Å²) in [5.41, 5.74) is 8.77. The van der Waals surface area contributed by atoms with Gasteiger partial charge in [0.15, 0.2) is 0 Å². The van der Waals surface area contributed by atoms with E-state index in [1.807, 2.05) is 60.8 Å². The summed E-state index contributed by atoms with van der Waals surface area (Å²) in [4.78, 5) is 17.9. The number of anilines is 2. The van der Waals surface area contributed by atoms with E-state index in [4.69, 9.17) is 10.5 Å². The normalized spacial score (nSPS) is 10.3. The van der Waals surface area contributed by atoms with Gasteiger partial charge in [0.1, 0.15) is 5.75 Å². The van der Waals surface area contributed by atoms with Gasteiger partial charge >= 0.3 is 0 Å². The van der Waals surface area contributed by atoms with Crippen LogP contribution in [0.15, 0.2) is 73.1 Å². The molecule has 1 aromatic heterocycles. The lowest BCUT2D eigenvalue weighted by Gasteiger charge is -2.26. The van der Waals surface area contributed by atoms with Crippen molar-refractivity contribution in [2.45, 2.75) is 6.54 Å². The van der Waals surface area contributed by atoms with Gasteiger partial charge in [0.2, 0.25) is 0 Å². The zero-order chi connectivity index (χ0) is 17.6. The minimum absolute atomic E-state index is 0.362. The van der Waals surface area contributed by atoms with Crippen LogP contribution in [0.2, 0.25) is 0 Å². The van der Waals surface area contributed by atoms with Crippen LogP contribution in [0.1, 0.15) is 15.9 Å². The Balaban J connectivity index is 2.04. The number of benzene rings is 2. The fourth-order valence-electron chi connectivity index (χ4n) is 2.67. The molecule has 0 atom stereocenters. The van der Waals surface area contributed by atoms with E-state index >= 15 is 0 Å². The first kappa shape index (κ1) is 16.5. The van der Waals surface area contributed by atoms with Crippen molar-refractivity contribution in [3.8, 4) is 5.75 Å². The Morgan fingerprint density at radius 1 is 1.08 bits per heavy atom. The number of hydrogen-bond donors (Lipinski definition) is 1. The molecule has 0 bridgehead atoms. The Labute approximate surface area is 146 Å². The number of primary amides is 1. The molecule has 0 spiro atoms. The predicted molar refractivity (Wildman–Crippen MR) is 98.0 cm³/mol. The lowest BCUT2D eigenvalue weighted by Crippen LogP contribution is -2.18. The van der Waals surface area contributed by atoms with Crippen LogP contribution in [0.5, 0.6) is 5.75 Å². The predicted octanol–water partition coefficient (Wildman–Crippen LogP) is 3.53. The second kappa shape index (κ2) is 7.49. The Bertz CT molecular complexity index is 851. The molecule has 2 aromatic carbocycles. The molecule has 5 nitrogen and oxygen atoms in total. The number of nitrogens with two attached hydrogens (primary N) is 1. The van der Waals surface area contributed by atoms with Crippen molar-refractivity contribution in [3.63, 3.8) is 0 Å². The first-order chi connectivity index (χ1) is 12.2. The van der Waals surface area contributed by atoms with Gasteiger partial charge in [-0.25, -0.2) is 0 Å². The molecule has 0 saturated carbocycles. The third kappa shape index (κ3) is 3.77. The molecule has 3 aromatic rings. The quantitative estimate of drug-likeness (QED) is 0.749. The second-order valence-electron chi connectivity index (χ2n) is 5.53. The van der Waals surface area contributed by atoms with Crippen molar-refractivity contribution in [3.05, 3.63) is 84.2 Å². The monoisotopic (exact) mass is 333 g/mol. The molecule has 25 heavy (non-hydrogen) atoms. The maximum atomic E-state index is 11.5. The van der Waals surface area contributed by atoms with Crippen molar-refractivity contribution in [1.82, 2.24) is 4.98 Å². The number of hydrogen-bond acceptors (Lipinski definition) is 4. The maximum absolute atomic E-state index is 11.5. The van der Waals surface area contributed by atoms with Gasteiger partial charge in [-0.2, -0.15) is 0 Å². The molecule has 0 radical (unpaired) electrons. The molecular weight excluding hydrogens is 314 g/mol. The van der Waals surface area contributed by atoms with Gasteiger partial charge in [0.25, 0.3) is 5.91 Å². The summed E-state index contributed by atoms with van der Waals surface area (Å²) >= 11 is 0. The zero-order valence-electron chi connectivity index (χ0n) is 13.9. The minimum Gasteiger partial charge on any atom is -0.496 e. The number of rotatable bonds is 6. The molecule has 1 amide bonds. The van der Waals surface area contributed by atoms with Gasteiger partial charge in [0.05, 0.1) is 12.7 Å². The molecule has 0 aliphatic carbocycles. The number of amides is 1. The molecule has 0 saturated heterocycles. The average Bonchev–Trinajstić information content (AvgIpc) is 2.67. The van der Waals surface area contributed by atoms with Crippen molar-refractivity contribution in [1.29, 1.82) is 0 Å². The number of aromatic nitrogens is 1. The number of pyridine rings is 1. The Kier molecular flexibility index (Phi) is 4.95. The van der Waals surface area contributed by atoms with Crippen LogP contribution in [-0.2, 0) is 6.54 Å². The molecular formula is C20H19N3O2. The third-order valence-electron chi connectivity index (χ3n) is 3.89. The van der Waals surface area contributed by atoms with Gasteiger partial charge < -0.3 is 15.4 Å². The van der Waals surface area contributed by atoms with E-state index < -0.39 is 5.91 Å². The van der Waals surface area contributed by atoms with Gasteiger partial charge in [-0.3, -0.25) is 9.78 Å². The Hall–Kier alpha value is -3.34. The topological polar surface area (TPSA) is 68.4 Å². The first-order valence-electron chi connectivity index (χ1n) is 7.88. The molecule has 5 heteroatoms. The van der Waals surface area contributed by atoms with E-state index in [1.54, 1.807) is 12.3 Å². The number of para-hydroxylation sites is 1. The number of ether oxygens (including phenoxy) is 1. The van der Waals surface area contributed by atoms with Crippen LogP contribution in [0.4, 0.5) is 11.4 Å². The highest BCUT2D eigenvalue weighted by molar-refractivity contribution is 5.96. The van der Waals surface area contributed by atoms with Crippen LogP contribution in [0.3, 0.4) is 0 Å². The SMILES string of the molecule is COc1cc(N(Cc2cccnc2)c2ccccc2)ccc1C(N)=O. The van der Waals surface area contributed by atoms with E-state index in [9.17, 15) is 4.79 Å². The van der Waals surface area contributed by atoms with E-state index in [2.05, 4.69) is 9.88 Å². The fourth-order valence-corrected chi connectivity index (χ4v) is 2.67. The summed E-state index contributed by atoms with van der Waals surface area (Å²) in [5, 5.41) is 0. The summed E-state index contributed by atoms with van der Waals surface area (Å²) in [7, 11) is 1.53. The van der Waals surface area contributed by atoms with Crippen LogP contribution in [-0.4, -0.2) is 18.0 Å². The van der Waals surface area contributed by atoms with Gasteiger partial charge in [0, 0.05) is 36.4 Å². The molecule has 1 heterocycles. The molecule has 0 unspecified atom stereocenters. The largest absolute Gasteiger partial charge is 0.496 e. The standard InChI is InChI=1S/C20H19N3O2/c1-25-19-12-17(9-10-18(19)20(21)24)23(16-7-3-2-4-8-16)14-15-6-5-11-22-13-15/h2-13H,14H2,1H3,(H2,21,24). The molecule has 0 aliphatic heterocycles. The molecule has 2 N–H and O–H groups in total. The van der Waals surface area contributed by atoms with Crippen LogP contribution in [0.25, 0.3) is 0 Å². The summed E-state index contributed by atoms with van der Waals surface area (Å²) in [6.45, 7) is 0.636. The lowest BCUT2D eigenvalue weighted by molar-refractivity contribution is 0.0997. The van der Waals surface area contributed by atoms with Gasteiger partial charge in [-0.05, 0) is 35.9 Å².